The maximum Gasteiger partial charge on any atom is 0.261 e. The number of ether oxygens (including phenoxy) is 1. The van der Waals surface area contributed by atoms with Crippen molar-refractivity contribution in [2.24, 2.45) is 0 Å². The van der Waals surface area contributed by atoms with Crippen LogP contribution in [-0.4, -0.2) is 35.9 Å². The van der Waals surface area contributed by atoms with Crippen LogP contribution in [0.2, 0.25) is 0 Å². The van der Waals surface area contributed by atoms with Gasteiger partial charge in [-0.3, -0.25) is 9.59 Å². The predicted octanol–water partition coefficient (Wildman–Crippen LogP) is 4.81. The monoisotopic (exact) mass is 474 g/mol. The minimum atomic E-state index is -0.604. The van der Waals surface area contributed by atoms with Crippen molar-refractivity contribution in [1.82, 2.24) is 10.2 Å². The highest BCUT2D eigenvalue weighted by Gasteiger charge is 2.26. The molecule has 6 heteroatoms. The third-order valence-corrected chi connectivity index (χ3v) is 5.71. The molecule has 162 valence electrons. The molecule has 1 N–H and O–H groups in total. The summed E-state index contributed by atoms with van der Waals surface area (Å²) in [5.41, 5.74) is 3.27. The van der Waals surface area contributed by atoms with Crippen LogP contribution in [0.1, 0.15) is 50.3 Å². The van der Waals surface area contributed by atoms with Gasteiger partial charge in [0.25, 0.3) is 5.91 Å². The molecule has 0 aliphatic heterocycles. The largest absolute Gasteiger partial charge is 0.483 e. The summed E-state index contributed by atoms with van der Waals surface area (Å²) in [6, 6.07) is 13.1. The van der Waals surface area contributed by atoms with Gasteiger partial charge in [-0.2, -0.15) is 0 Å². The lowest BCUT2D eigenvalue weighted by molar-refractivity contribution is -0.142. The Morgan fingerprint density at radius 1 is 1.13 bits per heavy atom. The summed E-state index contributed by atoms with van der Waals surface area (Å²) >= 11 is 3.52. The van der Waals surface area contributed by atoms with Crippen LogP contribution in [0.5, 0.6) is 5.75 Å². The SMILES string of the molecule is CCNC(=O)[C@H](C)N(Cc1ccccc1C)C(=O)COc1ccc(C(C)C)cc1Br. The Morgan fingerprint density at radius 2 is 1.83 bits per heavy atom. The highest BCUT2D eigenvalue weighted by molar-refractivity contribution is 9.10. The number of benzene rings is 2. The Labute approximate surface area is 187 Å². The van der Waals surface area contributed by atoms with Gasteiger partial charge in [0, 0.05) is 13.1 Å². The van der Waals surface area contributed by atoms with E-state index in [1.807, 2.05) is 56.3 Å². The summed E-state index contributed by atoms with van der Waals surface area (Å²) < 4.78 is 6.61. The fourth-order valence-electron chi connectivity index (χ4n) is 3.09. The second-order valence-corrected chi connectivity index (χ2v) is 8.51. The molecule has 1 atom stereocenters. The number of carbonyl (C=O) groups is 2. The zero-order valence-electron chi connectivity index (χ0n) is 18.4. The molecule has 0 aliphatic rings. The molecule has 0 bridgehead atoms. The Balaban J connectivity index is 2.17. The molecular weight excluding hydrogens is 444 g/mol. The maximum absolute atomic E-state index is 13.1. The van der Waals surface area contributed by atoms with E-state index in [4.69, 9.17) is 4.74 Å². The quantitative estimate of drug-likeness (QED) is 0.566. The highest BCUT2D eigenvalue weighted by Crippen LogP contribution is 2.29. The number of likely N-dealkylation sites (N-methyl/N-ethyl adjacent to an activating group) is 1. The number of nitrogens with zero attached hydrogens (tertiary/aromatic N) is 1. The number of hydrogen-bond donors (Lipinski definition) is 1. The van der Waals surface area contributed by atoms with Gasteiger partial charge in [0.1, 0.15) is 11.8 Å². The molecule has 2 amide bonds. The van der Waals surface area contributed by atoms with E-state index in [9.17, 15) is 9.59 Å². The van der Waals surface area contributed by atoms with Crippen molar-refractivity contribution in [3.8, 4) is 5.75 Å². The van der Waals surface area contributed by atoms with E-state index in [1.165, 1.54) is 5.56 Å². The average Bonchev–Trinajstić information content (AvgIpc) is 2.71. The predicted molar refractivity (Wildman–Crippen MR) is 124 cm³/mol. The minimum Gasteiger partial charge on any atom is -0.483 e. The van der Waals surface area contributed by atoms with Gasteiger partial charge in [0.2, 0.25) is 5.91 Å². The molecule has 2 rings (SSSR count). The summed E-state index contributed by atoms with van der Waals surface area (Å²) in [6.45, 7) is 10.6. The van der Waals surface area contributed by atoms with Gasteiger partial charge in [0.15, 0.2) is 6.61 Å². The van der Waals surface area contributed by atoms with Crippen LogP contribution in [0, 0.1) is 6.92 Å². The van der Waals surface area contributed by atoms with E-state index in [2.05, 4.69) is 35.1 Å². The molecule has 0 heterocycles. The molecule has 2 aromatic rings. The average molecular weight is 475 g/mol. The van der Waals surface area contributed by atoms with Crippen molar-refractivity contribution < 1.29 is 14.3 Å². The molecule has 5 nitrogen and oxygen atoms in total. The number of halogens is 1. The first-order valence-corrected chi connectivity index (χ1v) is 11.1. The molecule has 0 aromatic heterocycles. The van der Waals surface area contributed by atoms with E-state index in [1.54, 1.807) is 11.8 Å². The molecule has 0 radical (unpaired) electrons. The van der Waals surface area contributed by atoms with Crippen molar-refractivity contribution >= 4 is 27.7 Å². The fraction of sp³-hybridized carbons (Fsp3) is 0.417. The number of carbonyl (C=O) groups excluding carboxylic acids is 2. The Morgan fingerprint density at radius 3 is 2.43 bits per heavy atom. The van der Waals surface area contributed by atoms with E-state index < -0.39 is 6.04 Å². The maximum atomic E-state index is 13.1. The fourth-order valence-corrected chi connectivity index (χ4v) is 3.60. The lowest BCUT2D eigenvalue weighted by Gasteiger charge is -2.29. The molecule has 0 unspecified atom stereocenters. The Hall–Kier alpha value is -2.34. The molecular formula is C24H31BrN2O3. The second kappa shape index (κ2) is 11.2. The molecule has 0 aliphatic carbocycles. The topological polar surface area (TPSA) is 58.6 Å². The van der Waals surface area contributed by atoms with Crippen LogP contribution in [0.15, 0.2) is 46.9 Å². The molecule has 0 fully saturated rings. The molecule has 30 heavy (non-hydrogen) atoms. The Kier molecular flexibility index (Phi) is 8.90. The second-order valence-electron chi connectivity index (χ2n) is 7.65. The van der Waals surface area contributed by atoms with Crippen molar-refractivity contribution in [1.29, 1.82) is 0 Å². The van der Waals surface area contributed by atoms with Crippen molar-refractivity contribution in [2.45, 2.75) is 53.1 Å². The molecule has 0 saturated heterocycles. The lowest BCUT2D eigenvalue weighted by atomic mass is 10.0. The zero-order chi connectivity index (χ0) is 22.3. The number of rotatable bonds is 9. The first kappa shape index (κ1) is 23.9. The smallest absolute Gasteiger partial charge is 0.261 e. The van der Waals surface area contributed by atoms with Gasteiger partial charge < -0.3 is 15.0 Å². The Bertz CT molecular complexity index is 883. The van der Waals surface area contributed by atoms with Crippen LogP contribution in [0.25, 0.3) is 0 Å². The normalized spacial score (nSPS) is 11.8. The van der Waals surface area contributed by atoms with Crippen LogP contribution in [0.3, 0.4) is 0 Å². The van der Waals surface area contributed by atoms with Crippen LogP contribution in [-0.2, 0) is 16.1 Å². The van der Waals surface area contributed by atoms with Crippen molar-refractivity contribution in [2.75, 3.05) is 13.2 Å². The summed E-state index contributed by atoms with van der Waals surface area (Å²) in [4.78, 5) is 27.1. The number of amides is 2. The number of aryl methyl sites for hydroxylation is 1. The van der Waals surface area contributed by atoms with Crippen molar-refractivity contribution in [3.63, 3.8) is 0 Å². The van der Waals surface area contributed by atoms with Gasteiger partial charge in [-0.05, 0) is 71.4 Å². The third-order valence-electron chi connectivity index (χ3n) is 5.09. The van der Waals surface area contributed by atoms with Crippen LogP contribution < -0.4 is 10.1 Å². The molecule has 0 spiro atoms. The first-order valence-electron chi connectivity index (χ1n) is 10.3. The lowest BCUT2D eigenvalue weighted by Crippen LogP contribution is -2.49. The van der Waals surface area contributed by atoms with Gasteiger partial charge >= 0.3 is 0 Å². The molecule has 0 saturated carbocycles. The van der Waals surface area contributed by atoms with Crippen LogP contribution in [0.4, 0.5) is 0 Å². The van der Waals surface area contributed by atoms with E-state index in [0.29, 0.717) is 24.8 Å². The van der Waals surface area contributed by atoms with E-state index in [0.717, 1.165) is 15.6 Å². The molecule has 2 aromatic carbocycles. The first-order chi connectivity index (χ1) is 14.2. The van der Waals surface area contributed by atoms with Gasteiger partial charge in [-0.25, -0.2) is 0 Å². The number of hydrogen-bond acceptors (Lipinski definition) is 3. The van der Waals surface area contributed by atoms with Gasteiger partial charge in [-0.15, -0.1) is 0 Å². The minimum absolute atomic E-state index is 0.144. The van der Waals surface area contributed by atoms with Crippen molar-refractivity contribution in [3.05, 3.63) is 63.6 Å². The van der Waals surface area contributed by atoms with E-state index in [-0.39, 0.29) is 18.4 Å². The summed E-state index contributed by atoms with van der Waals surface area (Å²) in [5, 5.41) is 2.80. The van der Waals surface area contributed by atoms with Gasteiger partial charge in [0.05, 0.1) is 4.47 Å². The third kappa shape index (κ3) is 6.33. The summed E-state index contributed by atoms with van der Waals surface area (Å²) in [5.74, 6) is 0.590. The summed E-state index contributed by atoms with van der Waals surface area (Å²) in [7, 11) is 0. The number of nitrogens with one attached hydrogen (secondary N) is 1. The standard InChI is InChI=1S/C24H31BrN2O3/c1-6-26-24(29)18(5)27(14-20-10-8-7-9-17(20)4)23(28)15-30-22-12-11-19(16(2)3)13-21(22)25/h7-13,16,18H,6,14-15H2,1-5H3,(H,26,29)/t18-/m0/s1. The van der Waals surface area contributed by atoms with Gasteiger partial charge in [-0.1, -0.05) is 44.2 Å². The van der Waals surface area contributed by atoms with Crippen LogP contribution >= 0.6 is 15.9 Å². The summed E-state index contributed by atoms with van der Waals surface area (Å²) in [6.07, 6.45) is 0. The highest BCUT2D eigenvalue weighted by atomic mass is 79.9. The van der Waals surface area contributed by atoms with E-state index >= 15 is 0 Å². The zero-order valence-corrected chi connectivity index (χ0v) is 20.0.